The standard InChI is InChI=1S/C36H48N2/c1-3-5-7-9-27-11-15-29(16-12-27)30-19-21-32(22-20-30)34-24-23-33(35(25-37)36(34)26-38)31-17-13-28(14-18-31)10-8-6-4-2/h19-24,27-29,31H,3-18H2,1-2H3/t27-,28-,29-,31-. The van der Waals surface area contributed by atoms with Gasteiger partial charge in [0, 0.05) is 5.56 Å². The van der Waals surface area contributed by atoms with Crippen molar-refractivity contribution in [3.8, 4) is 23.3 Å². The average molecular weight is 509 g/mol. The Morgan fingerprint density at radius 2 is 1.13 bits per heavy atom. The summed E-state index contributed by atoms with van der Waals surface area (Å²) in [6.07, 6.45) is 20.9. The van der Waals surface area contributed by atoms with E-state index in [1.165, 1.54) is 95.5 Å². The number of rotatable bonds is 11. The SMILES string of the molecule is CCCCC[C@H]1CC[C@H](c2ccc(-c3ccc([C@H]4CC[C@H](CCCCC)CC4)c(C#N)c3C#N)cc2)CC1. The summed E-state index contributed by atoms with van der Waals surface area (Å²) < 4.78 is 0. The summed E-state index contributed by atoms with van der Waals surface area (Å²) in [5.41, 5.74) is 5.69. The minimum Gasteiger partial charge on any atom is -0.192 e. The van der Waals surface area contributed by atoms with E-state index in [1.54, 1.807) is 0 Å². The van der Waals surface area contributed by atoms with Crippen LogP contribution in [0.2, 0.25) is 0 Å². The Kier molecular flexibility index (Phi) is 10.9. The molecule has 0 bridgehead atoms. The van der Waals surface area contributed by atoms with Crippen LogP contribution < -0.4 is 0 Å². The lowest BCUT2D eigenvalue weighted by Crippen LogP contribution is -2.15. The summed E-state index contributed by atoms with van der Waals surface area (Å²) in [6, 6.07) is 18.0. The quantitative estimate of drug-likeness (QED) is 0.283. The maximum Gasteiger partial charge on any atom is 0.101 e. The maximum absolute atomic E-state index is 10.1. The van der Waals surface area contributed by atoms with Gasteiger partial charge in [-0.1, -0.05) is 102 Å². The normalized spacial score (nSPS) is 23.5. The zero-order valence-corrected chi connectivity index (χ0v) is 24.0. The predicted octanol–water partition coefficient (Wildman–Crippen LogP) is 10.8. The molecule has 0 unspecified atom stereocenters. The first-order chi connectivity index (χ1) is 18.7. The largest absolute Gasteiger partial charge is 0.192 e. The molecule has 2 aromatic carbocycles. The van der Waals surface area contributed by atoms with Crippen LogP contribution in [0.25, 0.3) is 11.1 Å². The van der Waals surface area contributed by atoms with Crippen molar-refractivity contribution in [3.63, 3.8) is 0 Å². The highest BCUT2D eigenvalue weighted by atomic mass is 14.3. The molecule has 2 aliphatic rings. The molecule has 0 amide bonds. The molecule has 4 rings (SSSR count). The predicted molar refractivity (Wildman–Crippen MR) is 159 cm³/mol. The number of hydrogen-bond donors (Lipinski definition) is 0. The monoisotopic (exact) mass is 508 g/mol. The lowest BCUT2D eigenvalue weighted by atomic mass is 9.75. The summed E-state index contributed by atoms with van der Waals surface area (Å²) in [7, 11) is 0. The molecule has 2 aliphatic carbocycles. The van der Waals surface area contributed by atoms with Crippen molar-refractivity contribution in [2.75, 3.05) is 0 Å². The van der Waals surface area contributed by atoms with Gasteiger partial charge in [-0.15, -0.1) is 0 Å². The summed E-state index contributed by atoms with van der Waals surface area (Å²) >= 11 is 0. The molecular formula is C36H48N2. The van der Waals surface area contributed by atoms with Crippen molar-refractivity contribution in [3.05, 3.63) is 58.7 Å². The van der Waals surface area contributed by atoms with Crippen molar-refractivity contribution in [1.82, 2.24) is 0 Å². The van der Waals surface area contributed by atoms with E-state index in [4.69, 9.17) is 0 Å². The Hall–Kier alpha value is -2.58. The van der Waals surface area contributed by atoms with Crippen LogP contribution in [0.15, 0.2) is 36.4 Å². The van der Waals surface area contributed by atoms with Gasteiger partial charge < -0.3 is 0 Å². The summed E-state index contributed by atoms with van der Waals surface area (Å²) in [6.45, 7) is 4.56. The van der Waals surface area contributed by atoms with E-state index in [0.717, 1.165) is 41.4 Å². The van der Waals surface area contributed by atoms with Gasteiger partial charge in [0.25, 0.3) is 0 Å². The smallest absolute Gasteiger partial charge is 0.101 e. The van der Waals surface area contributed by atoms with E-state index in [9.17, 15) is 10.5 Å². The van der Waals surface area contributed by atoms with E-state index in [2.05, 4.69) is 62.4 Å². The number of nitriles is 2. The zero-order chi connectivity index (χ0) is 26.7. The fourth-order valence-corrected chi connectivity index (χ4v) is 7.28. The highest BCUT2D eigenvalue weighted by Crippen LogP contribution is 2.42. The summed E-state index contributed by atoms with van der Waals surface area (Å²) in [5.74, 6) is 2.84. The molecule has 0 heterocycles. The molecule has 0 aromatic heterocycles. The van der Waals surface area contributed by atoms with E-state index in [0.29, 0.717) is 23.0 Å². The van der Waals surface area contributed by atoms with E-state index < -0.39 is 0 Å². The van der Waals surface area contributed by atoms with Gasteiger partial charge in [0.15, 0.2) is 0 Å². The lowest BCUT2D eigenvalue weighted by Gasteiger charge is -2.30. The Morgan fingerprint density at radius 3 is 1.63 bits per heavy atom. The third-order valence-electron chi connectivity index (χ3n) is 9.72. The van der Waals surface area contributed by atoms with Crippen LogP contribution >= 0.6 is 0 Å². The van der Waals surface area contributed by atoms with Crippen LogP contribution in [0, 0.1) is 34.5 Å². The second-order valence-corrected chi connectivity index (χ2v) is 12.2. The number of hydrogen-bond acceptors (Lipinski definition) is 2. The van der Waals surface area contributed by atoms with Crippen LogP contribution in [0.3, 0.4) is 0 Å². The summed E-state index contributed by atoms with van der Waals surface area (Å²) in [5, 5.41) is 20.3. The van der Waals surface area contributed by atoms with Gasteiger partial charge in [0.05, 0.1) is 11.1 Å². The van der Waals surface area contributed by atoms with Crippen molar-refractivity contribution in [2.24, 2.45) is 11.8 Å². The first kappa shape index (κ1) is 28.4. The van der Waals surface area contributed by atoms with Crippen LogP contribution in [0.4, 0.5) is 0 Å². The van der Waals surface area contributed by atoms with Gasteiger partial charge in [0.1, 0.15) is 12.1 Å². The molecule has 2 saturated carbocycles. The molecule has 0 radical (unpaired) electrons. The molecule has 2 heteroatoms. The van der Waals surface area contributed by atoms with E-state index >= 15 is 0 Å². The van der Waals surface area contributed by atoms with Crippen molar-refractivity contribution >= 4 is 0 Å². The lowest BCUT2D eigenvalue weighted by molar-refractivity contribution is 0.302. The van der Waals surface area contributed by atoms with Crippen molar-refractivity contribution < 1.29 is 0 Å². The molecule has 0 aliphatic heterocycles. The first-order valence-electron chi connectivity index (χ1n) is 15.8. The molecule has 0 atom stereocenters. The highest BCUT2D eigenvalue weighted by molar-refractivity contribution is 5.75. The fourth-order valence-electron chi connectivity index (χ4n) is 7.28. The number of unbranched alkanes of at least 4 members (excludes halogenated alkanes) is 4. The molecular weight excluding hydrogens is 460 g/mol. The van der Waals surface area contributed by atoms with Crippen LogP contribution in [0.5, 0.6) is 0 Å². The maximum atomic E-state index is 10.1. The molecule has 2 nitrogen and oxygen atoms in total. The van der Waals surface area contributed by atoms with Crippen LogP contribution in [-0.4, -0.2) is 0 Å². The molecule has 2 aromatic rings. The molecule has 38 heavy (non-hydrogen) atoms. The Balaban J connectivity index is 1.42. The molecule has 2 fully saturated rings. The van der Waals surface area contributed by atoms with Crippen LogP contribution in [0.1, 0.15) is 151 Å². The van der Waals surface area contributed by atoms with Gasteiger partial charge in [-0.05, 0) is 91.7 Å². The average Bonchev–Trinajstić information content (AvgIpc) is 2.97. The topological polar surface area (TPSA) is 47.6 Å². The Morgan fingerprint density at radius 1 is 0.605 bits per heavy atom. The minimum atomic E-state index is 0.410. The molecule has 0 N–H and O–H groups in total. The third-order valence-corrected chi connectivity index (χ3v) is 9.72. The van der Waals surface area contributed by atoms with Gasteiger partial charge in [-0.3, -0.25) is 0 Å². The summed E-state index contributed by atoms with van der Waals surface area (Å²) in [4.78, 5) is 0. The van der Waals surface area contributed by atoms with Crippen LogP contribution in [-0.2, 0) is 0 Å². The Bertz CT molecular complexity index is 1080. The van der Waals surface area contributed by atoms with Gasteiger partial charge in [-0.25, -0.2) is 0 Å². The van der Waals surface area contributed by atoms with Gasteiger partial charge in [0.2, 0.25) is 0 Å². The molecule has 0 saturated heterocycles. The van der Waals surface area contributed by atoms with Gasteiger partial charge in [-0.2, -0.15) is 10.5 Å². The fraction of sp³-hybridized carbons (Fsp3) is 0.611. The zero-order valence-electron chi connectivity index (χ0n) is 24.0. The van der Waals surface area contributed by atoms with E-state index in [1.807, 2.05) is 0 Å². The van der Waals surface area contributed by atoms with Gasteiger partial charge >= 0.3 is 0 Å². The highest BCUT2D eigenvalue weighted by Gasteiger charge is 2.26. The second kappa shape index (κ2) is 14.5. The minimum absolute atomic E-state index is 0.410. The molecule has 0 spiro atoms. The number of nitrogens with zero attached hydrogens (tertiary/aromatic N) is 2. The Labute approximate surface area is 232 Å². The van der Waals surface area contributed by atoms with E-state index in [-0.39, 0.29) is 0 Å². The second-order valence-electron chi connectivity index (χ2n) is 12.2. The van der Waals surface area contributed by atoms with Crippen molar-refractivity contribution in [1.29, 1.82) is 10.5 Å². The third kappa shape index (κ3) is 7.08. The molecule has 202 valence electrons. The number of benzene rings is 2. The first-order valence-corrected chi connectivity index (χ1v) is 15.8. The van der Waals surface area contributed by atoms with Crippen molar-refractivity contribution in [2.45, 2.75) is 128 Å².